The van der Waals surface area contributed by atoms with E-state index in [1.165, 1.54) is 9.80 Å². The lowest BCUT2D eigenvalue weighted by Gasteiger charge is -2.29. The summed E-state index contributed by atoms with van der Waals surface area (Å²) < 4.78 is 10.3. The van der Waals surface area contributed by atoms with Gasteiger partial charge < -0.3 is 14.4 Å². The molecule has 0 saturated carbocycles. The normalized spacial score (nSPS) is 21.0. The molecule has 0 aromatic rings. The number of carbonyl (C=O) groups excluding carboxylic acids is 3. The predicted molar refractivity (Wildman–Crippen MR) is 84.8 cm³/mol. The van der Waals surface area contributed by atoms with Crippen molar-refractivity contribution < 1.29 is 23.9 Å². The molecule has 1 rings (SSSR count). The number of ether oxygens (including phenoxy) is 2. The Morgan fingerprint density at radius 1 is 1.22 bits per heavy atom. The van der Waals surface area contributed by atoms with Crippen LogP contribution >= 0.6 is 0 Å². The number of rotatable bonds is 4. The Balaban J connectivity index is 2.84. The molecule has 0 unspecified atom stereocenters. The minimum absolute atomic E-state index is 0.101. The Morgan fingerprint density at radius 2 is 1.83 bits per heavy atom. The predicted octanol–water partition coefficient (Wildman–Crippen LogP) is 1.65. The molecule has 0 radical (unpaired) electrons. The Morgan fingerprint density at radius 3 is 2.30 bits per heavy atom. The fraction of sp³-hybridized carbons (Fsp3) is 0.812. The van der Waals surface area contributed by atoms with Crippen LogP contribution < -0.4 is 0 Å². The third-order valence-electron chi connectivity index (χ3n) is 3.50. The van der Waals surface area contributed by atoms with Crippen LogP contribution in [-0.4, -0.2) is 66.7 Å². The van der Waals surface area contributed by atoms with Gasteiger partial charge in [-0.25, -0.2) is 4.79 Å². The molecule has 0 N–H and O–H groups in total. The van der Waals surface area contributed by atoms with E-state index in [9.17, 15) is 14.4 Å². The minimum Gasteiger partial charge on any atom is -0.466 e. The molecule has 1 aliphatic heterocycles. The molecule has 132 valence electrons. The van der Waals surface area contributed by atoms with E-state index < -0.39 is 17.7 Å². The van der Waals surface area contributed by atoms with Crippen molar-refractivity contribution in [2.45, 2.75) is 52.2 Å². The number of amides is 2. The second kappa shape index (κ2) is 7.66. The largest absolute Gasteiger partial charge is 0.466 e. The lowest BCUT2D eigenvalue weighted by Crippen LogP contribution is -2.47. The molecular formula is C16H28N2O5. The van der Waals surface area contributed by atoms with Gasteiger partial charge in [0.15, 0.2) is 0 Å². The van der Waals surface area contributed by atoms with Gasteiger partial charge in [-0.1, -0.05) is 0 Å². The summed E-state index contributed by atoms with van der Waals surface area (Å²) in [6.45, 7) is 7.72. The van der Waals surface area contributed by atoms with E-state index in [-0.39, 0.29) is 24.2 Å². The van der Waals surface area contributed by atoms with E-state index in [0.29, 0.717) is 19.6 Å². The molecule has 2 atom stereocenters. The molecule has 2 amide bonds. The van der Waals surface area contributed by atoms with Gasteiger partial charge in [-0.05, 0) is 40.0 Å². The molecule has 23 heavy (non-hydrogen) atoms. The molecule has 1 saturated heterocycles. The van der Waals surface area contributed by atoms with Gasteiger partial charge in [0.05, 0.1) is 13.0 Å². The Kier molecular flexibility index (Phi) is 6.41. The molecular weight excluding hydrogens is 300 g/mol. The molecule has 0 aliphatic carbocycles. The SMILES string of the molecule is CCOC(=O)C[C@@H]1C[C@H](C(=O)N(C)C)N(C(=O)OC(C)(C)C)C1. The average Bonchev–Trinajstić information content (AvgIpc) is 2.79. The maximum atomic E-state index is 12.4. The molecule has 0 aromatic heterocycles. The van der Waals surface area contributed by atoms with Gasteiger partial charge in [-0.15, -0.1) is 0 Å². The van der Waals surface area contributed by atoms with Gasteiger partial charge in [0.2, 0.25) is 5.91 Å². The zero-order valence-electron chi connectivity index (χ0n) is 14.9. The summed E-state index contributed by atoms with van der Waals surface area (Å²) >= 11 is 0. The van der Waals surface area contributed by atoms with Crippen LogP contribution in [0.3, 0.4) is 0 Å². The van der Waals surface area contributed by atoms with Gasteiger partial charge in [0, 0.05) is 20.6 Å². The monoisotopic (exact) mass is 328 g/mol. The lowest BCUT2D eigenvalue weighted by molar-refractivity contribution is -0.144. The first kappa shape index (κ1) is 19.3. The number of esters is 1. The lowest BCUT2D eigenvalue weighted by atomic mass is 10.0. The van der Waals surface area contributed by atoms with E-state index >= 15 is 0 Å². The molecule has 0 bridgehead atoms. The number of hydrogen-bond donors (Lipinski definition) is 0. The van der Waals surface area contributed by atoms with Gasteiger partial charge in [0.1, 0.15) is 11.6 Å². The maximum Gasteiger partial charge on any atom is 0.410 e. The molecule has 7 heteroatoms. The highest BCUT2D eigenvalue weighted by atomic mass is 16.6. The summed E-state index contributed by atoms with van der Waals surface area (Å²) in [4.78, 5) is 39.3. The summed E-state index contributed by atoms with van der Waals surface area (Å²) in [5.41, 5.74) is -0.637. The second-order valence-electron chi connectivity index (χ2n) is 6.99. The first-order chi connectivity index (χ1) is 10.5. The average molecular weight is 328 g/mol. The zero-order chi connectivity index (χ0) is 17.8. The highest BCUT2D eigenvalue weighted by Crippen LogP contribution is 2.29. The van der Waals surface area contributed by atoms with Gasteiger partial charge in [0.25, 0.3) is 0 Å². The number of hydrogen-bond acceptors (Lipinski definition) is 5. The van der Waals surface area contributed by atoms with Crippen LogP contribution in [0.2, 0.25) is 0 Å². The number of likely N-dealkylation sites (N-methyl/N-ethyl adjacent to an activating group) is 1. The Labute approximate surface area is 137 Å². The van der Waals surface area contributed by atoms with Crippen molar-refractivity contribution in [2.75, 3.05) is 27.2 Å². The third kappa shape index (κ3) is 5.73. The molecule has 1 heterocycles. The quantitative estimate of drug-likeness (QED) is 0.734. The standard InChI is InChI=1S/C16H28N2O5/c1-7-22-13(19)9-11-8-12(14(20)17(5)6)18(10-11)15(21)23-16(2,3)4/h11-12H,7-10H2,1-6H3/t11-,12+/m0/s1. The van der Waals surface area contributed by atoms with Gasteiger partial charge in [-0.3, -0.25) is 14.5 Å². The van der Waals surface area contributed by atoms with E-state index in [1.54, 1.807) is 41.8 Å². The maximum absolute atomic E-state index is 12.4. The first-order valence-corrected chi connectivity index (χ1v) is 7.91. The minimum atomic E-state index is -0.637. The fourth-order valence-electron chi connectivity index (χ4n) is 2.58. The highest BCUT2D eigenvalue weighted by Gasteiger charge is 2.42. The highest BCUT2D eigenvalue weighted by molar-refractivity contribution is 5.86. The number of carbonyl (C=O) groups is 3. The Bertz CT molecular complexity index is 456. The van der Waals surface area contributed by atoms with Gasteiger partial charge >= 0.3 is 12.1 Å². The fourth-order valence-corrected chi connectivity index (χ4v) is 2.58. The summed E-state index contributed by atoms with van der Waals surface area (Å²) in [5.74, 6) is -0.572. The topological polar surface area (TPSA) is 76.2 Å². The van der Waals surface area contributed by atoms with Gasteiger partial charge in [-0.2, -0.15) is 0 Å². The van der Waals surface area contributed by atoms with Crippen LogP contribution in [0.1, 0.15) is 40.5 Å². The smallest absolute Gasteiger partial charge is 0.410 e. The second-order valence-corrected chi connectivity index (χ2v) is 6.99. The summed E-state index contributed by atoms with van der Waals surface area (Å²) in [7, 11) is 3.29. The molecule has 1 fully saturated rings. The van der Waals surface area contributed by atoms with E-state index in [0.717, 1.165) is 0 Å². The van der Waals surface area contributed by atoms with Crippen molar-refractivity contribution in [2.24, 2.45) is 5.92 Å². The summed E-state index contributed by atoms with van der Waals surface area (Å²) in [5, 5.41) is 0. The first-order valence-electron chi connectivity index (χ1n) is 7.91. The van der Waals surface area contributed by atoms with Crippen LogP contribution in [0.25, 0.3) is 0 Å². The molecule has 0 aromatic carbocycles. The van der Waals surface area contributed by atoms with E-state index in [2.05, 4.69) is 0 Å². The van der Waals surface area contributed by atoms with Crippen molar-refractivity contribution in [3.8, 4) is 0 Å². The van der Waals surface area contributed by atoms with Crippen LogP contribution in [0, 0.1) is 5.92 Å². The molecule has 1 aliphatic rings. The van der Waals surface area contributed by atoms with Crippen LogP contribution in [0.5, 0.6) is 0 Å². The van der Waals surface area contributed by atoms with Crippen molar-refractivity contribution in [1.82, 2.24) is 9.80 Å². The van der Waals surface area contributed by atoms with E-state index in [4.69, 9.17) is 9.47 Å². The third-order valence-corrected chi connectivity index (χ3v) is 3.50. The van der Waals surface area contributed by atoms with Crippen molar-refractivity contribution in [1.29, 1.82) is 0 Å². The zero-order valence-corrected chi connectivity index (χ0v) is 14.9. The van der Waals surface area contributed by atoms with E-state index in [1.807, 2.05) is 0 Å². The van der Waals surface area contributed by atoms with Crippen molar-refractivity contribution in [3.63, 3.8) is 0 Å². The van der Waals surface area contributed by atoms with Crippen LogP contribution in [-0.2, 0) is 19.1 Å². The van der Waals surface area contributed by atoms with Crippen molar-refractivity contribution in [3.05, 3.63) is 0 Å². The molecule has 0 spiro atoms. The number of nitrogens with zero attached hydrogens (tertiary/aromatic N) is 2. The molecule has 7 nitrogen and oxygen atoms in total. The summed E-state index contributed by atoms with van der Waals surface area (Å²) in [6, 6.07) is -0.598. The Hall–Kier alpha value is -1.79. The van der Waals surface area contributed by atoms with Crippen molar-refractivity contribution >= 4 is 18.0 Å². The number of likely N-dealkylation sites (tertiary alicyclic amines) is 1. The van der Waals surface area contributed by atoms with Crippen LogP contribution in [0.4, 0.5) is 4.79 Å². The van der Waals surface area contributed by atoms with Crippen LogP contribution in [0.15, 0.2) is 0 Å². The summed E-state index contributed by atoms with van der Waals surface area (Å²) in [6.07, 6.45) is 0.114.